The first-order valence-electron chi connectivity index (χ1n) is 4.71. The van der Waals surface area contributed by atoms with Crippen LogP contribution in [-0.2, 0) is 9.53 Å². The number of rotatable bonds is 4. The molecule has 1 aliphatic rings. The third kappa shape index (κ3) is 3.11. The maximum atomic E-state index is 11.2. The lowest BCUT2D eigenvalue weighted by Crippen LogP contribution is -2.45. The minimum Gasteiger partial charge on any atom is -0.465 e. The molecule has 10 heteroatoms. The van der Waals surface area contributed by atoms with Gasteiger partial charge in [0.1, 0.15) is 6.54 Å². The van der Waals surface area contributed by atoms with Crippen LogP contribution in [0.15, 0.2) is 9.02 Å². The number of aromatic nitrogens is 2. The Morgan fingerprint density at radius 3 is 3.06 bits per heavy atom. The fourth-order valence-corrected chi connectivity index (χ4v) is 2.15. The molecule has 1 aromatic rings. The molecule has 2 heterocycles. The van der Waals surface area contributed by atoms with Crippen molar-refractivity contribution in [1.29, 1.82) is 0 Å². The van der Waals surface area contributed by atoms with Crippen LogP contribution in [0, 0.1) is 0 Å². The minimum absolute atomic E-state index is 0.0425. The van der Waals surface area contributed by atoms with Crippen LogP contribution < -0.4 is 11.0 Å². The van der Waals surface area contributed by atoms with Gasteiger partial charge in [-0.1, -0.05) is 11.3 Å². The zero-order valence-corrected chi connectivity index (χ0v) is 11.2. The first-order chi connectivity index (χ1) is 8.19. The van der Waals surface area contributed by atoms with E-state index in [2.05, 4.69) is 42.2 Å². The first kappa shape index (κ1) is 12.2. The Kier molecular flexibility index (Phi) is 3.86. The summed E-state index contributed by atoms with van der Waals surface area (Å²) in [6.45, 7) is 2.15. The van der Waals surface area contributed by atoms with Gasteiger partial charge in [0, 0.05) is 0 Å². The van der Waals surface area contributed by atoms with Crippen molar-refractivity contribution in [3.05, 3.63) is 8.92 Å². The average Bonchev–Trinajstić information content (AvgIpc) is 2.87. The van der Waals surface area contributed by atoms with Crippen molar-refractivity contribution in [2.24, 2.45) is 5.10 Å². The second-order valence-electron chi connectivity index (χ2n) is 2.92. The van der Waals surface area contributed by atoms with Crippen molar-refractivity contribution in [3.8, 4) is 0 Å². The number of halogens is 1. The number of hydrazone groups is 1. The van der Waals surface area contributed by atoms with Crippen LogP contribution in [0.5, 0.6) is 0 Å². The van der Waals surface area contributed by atoms with Crippen molar-refractivity contribution in [2.45, 2.75) is 6.92 Å². The predicted molar refractivity (Wildman–Crippen MR) is 63.8 cm³/mol. The third-order valence-electron chi connectivity index (χ3n) is 1.72. The van der Waals surface area contributed by atoms with Gasteiger partial charge in [-0.25, -0.2) is 5.53 Å². The summed E-state index contributed by atoms with van der Waals surface area (Å²) in [5.74, 6) is 0.167. The van der Waals surface area contributed by atoms with Crippen molar-refractivity contribution >= 4 is 39.1 Å². The fraction of sp³-hybridized carbons (Fsp3) is 0.429. The number of nitrogens with one attached hydrogen (secondary N) is 2. The van der Waals surface area contributed by atoms with Crippen LogP contribution in [0.25, 0.3) is 0 Å². The second kappa shape index (κ2) is 5.38. The summed E-state index contributed by atoms with van der Waals surface area (Å²) in [4.78, 5) is 11.2. The Balaban J connectivity index is 1.88. The summed E-state index contributed by atoms with van der Waals surface area (Å²) in [6, 6.07) is 0. The number of hydrogen-bond acceptors (Lipinski definition) is 9. The molecule has 92 valence electrons. The van der Waals surface area contributed by atoms with Crippen LogP contribution in [0.1, 0.15) is 11.9 Å². The van der Waals surface area contributed by atoms with Crippen molar-refractivity contribution in [3.63, 3.8) is 0 Å². The summed E-state index contributed by atoms with van der Waals surface area (Å²) >= 11 is 4.54. The van der Waals surface area contributed by atoms with Gasteiger partial charge in [0.25, 0.3) is 0 Å². The summed E-state index contributed by atoms with van der Waals surface area (Å²) in [6.07, 6.45) is 0. The van der Waals surface area contributed by atoms with Gasteiger partial charge in [-0.15, -0.1) is 20.4 Å². The van der Waals surface area contributed by atoms with Crippen LogP contribution >= 0.6 is 27.3 Å². The Morgan fingerprint density at radius 1 is 1.59 bits per heavy atom. The van der Waals surface area contributed by atoms with Crippen LogP contribution in [0.2, 0.25) is 0 Å². The van der Waals surface area contributed by atoms with E-state index in [1.54, 1.807) is 6.92 Å². The van der Waals surface area contributed by atoms with Gasteiger partial charge in [0.15, 0.2) is 8.92 Å². The van der Waals surface area contributed by atoms with Gasteiger partial charge in [-0.05, 0) is 22.9 Å². The Labute approximate surface area is 109 Å². The highest BCUT2D eigenvalue weighted by molar-refractivity contribution is 9.11. The third-order valence-corrected chi connectivity index (χ3v) is 3.08. The summed E-state index contributed by atoms with van der Waals surface area (Å²) in [5.41, 5.74) is 5.51. The molecule has 0 amide bonds. The van der Waals surface area contributed by atoms with Crippen LogP contribution in [-0.4, -0.2) is 40.3 Å². The SMILES string of the molecule is CCOC(=O)CN1NN=C(c2nnc(Br)s2)N1. The average molecular weight is 321 g/mol. The van der Waals surface area contributed by atoms with E-state index in [0.29, 0.717) is 21.4 Å². The fourth-order valence-electron chi connectivity index (χ4n) is 1.10. The molecule has 0 spiro atoms. The molecule has 0 aromatic carbocycles. The van der Waals surface area contributed by atoms with Gasteiger partial charge < -0.3 is 4.74 Å². The van der Waals surface area contributed by atoms with E-state index in [9.17, 15) is 4.79 Å². The van der Waals surface area contributed by atoms with E-state index in [0.717, 1.165) is 0 Å². The normalized spacial score (nSPS) is 15.1. The smallest absolute Gasteiger partial charge is 0.324 e. The molecule has 0 saturated heterocycles. The lowest BCUT2D eigenvalue weighted by Gasteiger charge is -2.13. The highest BCUT2D eigenvalue weighted by atomic mass is 79.9. The van der Waals surface area contributed by atoms with Crippen molar-refractivity contribution in [2.75, 3.05) is 13.2 Å². The quantitative estimate of drug-likeness (QED) is 0.745. The molecular formula is C7H9BrN6O2S. The molecule has 0 saturated carbocycles. The summed E-state index contributed by atoms with van der Waals surface area (Å²) in [7, 11) is 0. The van der Waals surface area contributed by atoms with Gasteiger partial charge in [-0.2, -0.15) is 0 Å². The molecule has 0 unspecified atom stereocenters. The van der Waals surface area contributed by atoms with Gasteiger partial charge in [0.05, 0.1) is 6.61 Å². The minimum atomic E-state index is -0.345. The molecule has 0 bridgehead atoms. The van der Waals surface area contributed by atoms with Crippen LogP contribution in [0.3, 0.4) is 0 Å². The number of carbonyl (C=O) groups is 1. The molecule has 2 rings (SSSR count). The highest BCUT2D eigenvalue weighted by Crippen LogP contribution is 2.16. The van der Waals surface area contributed by atoms with Gasteiger partial charge >= 0.3 is 5.97 Å². The number of esters is 1. The number of hydrazine groups is 2. The monoisotopic (exact) mass is 320 g/mol. The van der Waals surface area contributed by atoms with E-state index < -0.39 is 0 Å². The zero-order valence-electron chi connectivity index (χ0n) is 8.81. The molecule has 2 N–H and O–H groups in total. The lowest BCUT2D eigenvalue weighted by atomic mass is 10.6. The lowest BCUT2D eigenvalue weighted by molar-refractivity contribution is -0.145. The Morgan fingerprint density at radius 2 is 2.41 bits per heavy atom. The Bertz CT molecular complexity index is 449. The van der Waals surface area contributed by atoms with E-state index in [-0.39, 0.29) is 12.5 Å². The van der Waals surface area contributed by atoms with E-state index in [1.165, 1.54) is 16.5 Å². The zero-order chi connectivity index (χ0) is 12.3. The summed E-state index contributed by atoms with van der Waals surface area (Å²) in [5, 5.41) is 13.7. The first-order valence-corrected chi connectivity index (χ1v) is 6.32. The highest BCUT2D eigenvalue weighted by Gasteiger charge is 2.21. The maximum absolute atomic E-state index is 11.2. The number of ether oxygens (including phenoxy) is 1. The molecule has 1 aliphatic heterocycles. The largest absolute Gasteiger partial charge is 0.465 e. The second-order valence-corrected chi connectivity index (χ2v) is 5.18. The number of amidine groups is 1. The standard InChI is InChI=1S/C7H9BrN6O2S/c1-2-16-4(15)3-14-12-5(9-13-14)6-10-11-7(8)17-6/h13H,2-3H2,1H3,(H,9,12). The molecule has 0 fully saturated rings. The Hall–Kier alpha value is -1.26. The van der Waals surface area contributed by atoms with Gasteiger partial charge in [0.2, 0.25) is 5.84 Å². The van der Waals surface area contributed by atoms with E-state index >= 15 is 0 Å². The number of hydrogen-bond donors (Lipinski definition) is 2. The number of carbonyl (C=O) groups excluding carboxylic acids is 1. The topological polar surface area (TPSA) is 91.7 Å². The molecule has 0 radical (unpaired) electrons. The maximum Gasteiger partial charge on any atom is 0.324 e. The van der Waals surface area contributed by atoms with Crippen molar-refractivity contribution < 1.29 is 9.53 Å². The number of nitrogens with zero attached hydrogens (tertiary/aromatic N) is 4. The molecule has 8 nitrogen and oxygen atoms in total. The molecule has 17 heavy (non-hydrogen) atoms. The van der Waals surface area contributed by atoms with Gasteiger partial charge in [-0.3, -0.25) is 10.2 Å². The van der Waals surface area contributed by atoms with E-state index in [1.807, 2.05) is 0 Å². The van der Waals surface area contributed by atoms with E-state index in [4.69, 9.17) is 4.74 Å². The molecule has 0 aliphatic carbocycles. The molecule has 1 aromatic heterocycles. The predicted octanol–water partition coefficient (Wildman–Crippen LogP) is -0.150. The molecular weight excluding hydrogens is 312 g/mol. The van der Waals surface area contributed by atoms with Crippen LogP contribution in [0.4, 0.5) is 0 Å². The van der Waals surface area contributed by atoms with Crippen molar-refractivity contribution in [1.82, 2.24) is 26.3 Å². The molecule has 0 atom stereocenters. The summed E-state index contributed by atoms with van der Waals surface area (Å²) < 4.78 is 5.47.